The average molecular weight is 257 g/mol. The number of benzene rings is 1. The van der Waals surface area contributed by atoms with Crippen LogP contribution in [0.3, 0.4) is 0 Å². The second-order valence-corrected chi connectivity index (χ2v) is 6.11. The maximum atomic E-state index is 10.7. The summed E-state index contributed by atoms with van der Waals surface area (Å²) in [5.74, 6) is 0.539. The molecule has 2 rings (SSSR count). The van der Waals surface area contributed by atoms with Crippen LogP contribution < -0.4 is 0 Å². The molecule has 0 amide bonds. The molecule has 2 nitrogen and oxygen atoms in total. The van der Waals surface area contributed by atoms with E-state index in [1.165, 1.54) is 6.42 Å². The van der Waals surface area contributed by atoms with Gasteiger partial charge in [0.2, 0.25) is 0 Å². The molecule has 0 aliphatic heterocycles. The first-order valence-electron chi connectivity index (χ1n) is 7.23. The highest BCUT2D eigenvalue weighted by Gasteiger charge is 2.44. The molecule has 4 unspecified atom stereocenters. The smallest absolute Gasteiger partial charge is 0.0840 e. The average Bonchev–Trinajstić information content (AvgIpc) is 2.46. The van der Waals surface area contributed by atoms with Gasteiger partial charge >= 0.3 is 0 Å². The van der Waals surface area contributed by atoms with E-state index in [9.17, 15) is 10.4 Å². The van der Waals surface area contributed by atoms with Crippen molar-refractivity contribution in [2.75, 3.05) is 0 Å². The van der Waals surface area contributed by atoms with Crippen molar-refractivity contribution in [1.82, 2.24) is 0 Å². The SMILES string of the molecule is CC1CCCC(C#N)(C(O)C(C)c2ccccc2)C1. The molecule has 4 atom stereocenters. The Kier molecular flexibility index (Phi) is 4.27. The monoisotopic (exact) mass is 257 g/mol. The predicted octanol–water partition coefficient (Wildman–Crippen LogP) is 3.87. The van der Waals surface area contributed by atoms with Crippen LogP contribution in [-0.2, 0) is 0 Å². The lowest BCUT2D eigenvalue weighted by atomic mass is 9.64. The van der Waals surface area contributed by atoms with E-state index in [0.29, 0.717) is 5.92 Å². The molecule has 0 heterocycles. The lowest BCUT2D eigenvalue weighted by Crippen LogP contribution is -2.41. The molecule has 0 radical (unpaired) electrons. The molecule has 1 aromatic carbocycles. The van der Waals surface area contributed by atoms with Gasteiger partial charge in [-0.05, 0) is 24.3 Å². The van der Waals surface area contributed by atoms with Gasteiger partial charge in [0.15, 0.2) is 0 Å². The Labute approximate surface area is 116 Å². The van der Waals surface area contributed by atoms with Gasteiger partial charge in [0.05, 0.1) is 17.6 Å². The van der Waals surface area contributed by atoms with Crippen LogP contribution in [-0.4, -0.2) is 11.2 Å². The molecule has 1 N–H and O–H groups in total. The molecule has 2 heteroatoms. The van der Waals surface area contributed by atoms with Gasteiger partial charge in [-0.2, -0.15) is 5.26 Å². The van der Waals surface area contributed by atoms with Crippen molar-refractivity contribution in [1.29, 1.82) is 5.26 Å². The third-order valence-electron chi connectivity index (χ3n) is 4.62. The standard InChI is InChI=1S/C17H23NO/c1-13-7-6-10-17(11-13,12-18)16(19)14(2)15-8-4-3-5-9-15/h3-5,8-9,13-14,16,19H,6-7,10-11H2,1-2H3. The third-order valence-corrected chi connectivity index (χ3v) is 4.62. The highest BCUT2D eigenvalue weighted by molar-refractivity contribution is 5.22. The Hall–Kier alpha value is -1.33. The molecule has 19 heavy (non-hydrogen) atoms. The molecular weight excluding hydrogens is 234 g/mol. The lowest BCUT2D eigenvalue weighted by molar-refractivity contribution is 0.00783. The van der Waals surface area contributed by atoms with Gasteiger partial charge in [-0.15, -0.1) is 0 Å². The van der Waals surface area contributed by atoms with Crippen molar-refractivity contribution in [3.05, 3.63) is 35.9 Å². The predicted molar refractivity (Wildman–Crippen MR) is 76.5 cm³/mol. The summed E-state index contributed by atoms with van der Waals surface area (Å²) in [6.07, 6.45) is 3.29. The Bertz CT molecular complexity index is 450. The summed E-state index contributed by atoms with van der Waals surface area (Å²) in [5, 5.41) is 20.4. The summed E-state index contributed by atoms with van der Waals surface area (Å²) in [6.45, 7) is 4.21. The van der Waals surface area contributed by atoms with Crippen LogP contribution in [0.5, 0.6) is 0 Å². The van der Waals surface area contributed by atoms with Crippen molar-refractivity contribution >= 4 is 0 Å². The van der Waals surface area contributed by atoms with Crippen molar-refractivity contribution < 1.29 is 5.11 Å². The summed E-state index contributed by atoms with van der Waals surface area (Å²) in [6, 6.07) is 12.5. The minimum absolute atomic E-state index is 0.00569. The molecule has 1 fully saturated rings. The van der Waals surface area contributed by atoms with Crippen molar-refractivity contribution in [3.63, 3.8) is 0 Å². The maximum Gasteiger partial charge on any atom is 0.0840 e. The maximum absolute atomic E-state index is 10.7. The van der Waals surface area contributed by atoms with Crippen LogP contribution in [0.4, 0.5) is 0 Å². The molecule has 1 aliphatic rings. The second kappa shape index (κ2) is 5.75. The minimum atomic E-state index is -0.581. The second-order valence-electron chi connectivity index (χ2n) is 6.11. The van der Waals surface area contributed by atoms with Crippen LogP contribution in [0.1, 0.15) is 51.0 Å². The van der Waals surface area contributed by atoms with E-state index in [0.717, 1.165) is 24.8 Å². The van der Waals surface area contributed by atoms with E-state index in [1.54, 1.807) is 0 Å². The first kappa shape index (κ1) is 14.1. The van der Waals surface area contributed by atoms with Gasteiger partial charge in [0, 0.05) is 5.92 Å². The molecule has 1 saturated carbocycles. The van der Waals surface area contributed by atoms with Crippen molar-refractivity contribution in [3.8, 4) is 6.07 Å². The molecule has 0 spiro atoms. The van der Waals surface area contributed by atoms with Crippen LogP contribution >= 0.6 is 0 Å². The minimum Gasteiger partial charge on any atom is -0.391 e. The first-order valence-corrected chi connectivity index (χ1v) is 7.23. The zero-order valence-electron chi connectivity index (χ0n) is 11.8. The van der Waals surface area contributed by atoms with Gasteiger partial charge in [-0.1, -0.05) is 57.0 Å². The van der Waals surface area contributed by atoms with E-state index >= 15 is 0 Å². The molecular formula is C17H23NO. The summed E-state index contributed by atoms with van der Waals surface area (Å²) < 4.78 is 0. The fraction of sp³-hybridized carbons (Fsp3) is 0.588. The molecule has 0 saturated heterocycles. The van der Waals surface area contributed by atoms with Gasteiger partial charge in [-0.3, -0.25) is 0 Å². The summed E-state index contributed by atoms with van der Waals surface area (Å²) in [5.41, 5.74) is 0.551. The molecule has 1 aromatic rings. The lowest BCUT2D eigenvalue weighted by Gasteiger charge is -2.40. The molecule has 1 aliphatic carbocycles. The zero-order valence-corrected chi connectivity index (χ0v) is 11.8. The van der Waals surface area contributed by atoms with Crippen LogP contribution in [0.2, 0.25) is 0 Å². The number of nitriles is 1. The van der Waals surface area contributed by atoms with Crippen LogP contribution in [0, 0.1) is 22.7 Å². The number of aliphatic hydroxyl groups is 1. The van der Waals surface area contributed by atoms with Gasteiger partial charge in [0.25, 0.3) is 0 Å². The summed E-state index contributed by atoms with van der Waals surface area (Å²) in [7, 11) is 0. The Morgan fingerprint density at radius 2 is 2.05 bits per heavy atom. The largest absolute Gasteiger partial charge is 0.391 e. The van der Waals surface area contributed by atoms with E-state index in [1.807, 2.05) is 37.3 Å². The first-order chi connectivity index (χ1) is 9.09. The molecule has 102 valence electrons. The molecule has 0 aromatic heterocycles. The third kappa shape index (κ3) is 2.82. The normalized spacial score (nSPS) is 30.3. The summed E-state index contributed by atoms with van der Waals surface area (Å²) in [4.78, 5) is 0. The fourth-order valence-electron chi connectivity index (χ4n) is 3.45. The number of rotatable bonds is 3. The fourth-order valence-corrected chi connectivity index (χ4v) is 3.45. The van der Waals surface area contributed by atoms with E-state index in [-0.39, 0.29) is 5.92 Å². The van der Waals surface area contributed by atoms with E-state index < -0.39 is 11.5 Å². The Morgan fingerprint density at radius 3 is 2.63 bits per heavy atom. The molecule has 0 bridgehead atoms. The zero-order chi connectivity index (χ0) is 13.9. The van der Waals surface area contributed by atoms with Crippen molar-refractivity contribution in [2.45, 2.75) is 51.6 Å². The topological polar surface area (TPSA) is 44.0 Å². The van der Waals surface area contributed by atoms with Gasteiger partial charge in [-0.25, -0.2) is 0 Å². The van der Waals surface area contributed by atoms with Crippen molar-refractivity contribution in [2.24, 2.45) is 11.3 Å². The highest BCUT2D eigenvalue weighted by Crippen LogP contribution is 2.45. The number of hydrogen-bond acceptors (Lipinski definition) is 2. The highest BCUT2D eigenvalue weighted by atomic mass is 16.3. The number of aliphatic hydroxyl groups excluding tert-OH is 1. The Morgan fingerprint density at radius 1 is 1.37 bits per heavy atom. The Balaban J connectivity index is 2.21. The van der Waals surface area contributed by atoms with Gasteiger partial charge < -0.3 is 5.11 Å². The number of nitrogens with zero attached hydrogens (tertiary/aromatic N) is 1. The quantitative estimate of drug-likeness (QED) is 0.893. The van der Waals surface area contributed by atoms with Gasteiger partial charge in [0.1, 0.15) is 0 Å². The van der Waals surface area contributed by atoms with E-state index in [4.69, 9.17) is 0 Å². The van der Waals surface area contributed by atoms with E-state index in [2.05, 4.69) is 13.0 Å². The van der Waals surface area contributed by atoms with Crippen LogP contribution in [0.15, 0.2) is 30.3 Å². The number of hydrogen-bond donors (Lipinski definition) is 1. The summed E-state index contributed by atoms with van der Waals surface area (Å²) >= 11 is 0. The van der Waals surface area contributed by atoms with Crippen LogP contribution in [0.25, 0.3) is 0 Å².